The lowest BCUT2D eigenvalue weighted by Crippen LogP contribution is -2.19. The maximum absolute atomic E-state index is 12.1. The SMILES string of the molecule is O=C(Cc1cccc2ccccc12)N/N=C\c1cccc([N+](=O)[O-])c1O. The summed E-state index contributed by atoms with van der Waals surface area (Å²) in [5.74, 6) is -0.827. The normalized spacial score (nSPS) is 10.9. The van der Waals surface area contributed by atoms with E-state index in [4.69, 9.17) is 0 Å². The van der Waals surface area contributed by atoms with Crippen molar-refractivity contribution in [1.82, 2.24) is 5.43 Å². The summed E-state index contributed by atoms with van der Waals surface area (Å²) in [6, 6.07) is 17.6. The first-order chi connectivity index (χ1) is 12.6. The van der Waals surface area contributed by atoms with Gasteiger partial charge < -0.3 is 5.11 Å². The second-order valence-corrected chi connectivity index (χ2v) is 5.58. The largest absolute Gasteiger partial charge is 0.502 e. The van der Waals surface area contributed by atoms with E-state index in [1.807, 2.05) is 42.5 Å². The van der Waals surface area contributed by atoms with E-state index in [0.29, 0.717) is 0 Å². The molecule has 2 N–H and O–H groups in total. The number of nitrogens with one attached hydrogen (secondary N) is 1. The lowest BCUT2D eigenvalue weighted by atomic mass is 10.0. The van der Waals surface area contributed by atoms with Crippen molar-refractivity contribution in [2.24, 2.45) is 5.10 Å². The summed E-state index contributed by atoms with van der Waals surface area (Å²) < 4.78 is 0. The number of hydrogen-bond donors (Lipinski definition) is 2. The minimum absolute atomic E-state index is 0.139. The highest BCUT2D eigenvalue weighted by Crippen LogP contribution is 2.27. The molecule has 0 aliphatic carbocycles. The third-order valence-electron chi connectivity index (χ3n) is 3.87. The van der Waals surface area contributed by atoms with Crippen molar-refractivity contribution < 1.29 is 14.8 Å². The number of benzene rings is 3. The van der Waals surface area contributed by atoms with Gasteiger partial charge in [-0.3, -0.25) is 14.9 Å². The van der Waals surface area contributed by atoms with Crippen LogP contribution >= 0.6 is 0 Å². The molecule has 0 atom stereocenters. The highest BCUT2D eigenvalue weighted by atomic mass is 16.6. The van der Waals surface area contributed by atoms with Gasteiger partial charge in [0, 0.05) is 11.6 Å². The number of phenolic OH excluding ortho intramolecular Hbond substituents is 1. The fourth-order valence-electron chi connectivity index (χ4n) is 2.63. The molecular weight excluding hydrogens is 334 g/mol. The van der Waals surface area contributed by atoms with Crippen LogP contribution in [0.3, 0.4) is 0 Å². The summed E-state index contributed by atoms with van der Waals surface area (Å²) in [6.07, 6.45) is 1.31. The highest BCUT2D eigenvalue weighted by Gasteiger charge is 2.15. The number of phenols is 1. The van der Waals surface area contributed by atoms with Gasteiger partial charge in [-0.2, -0.15) is 5.10 Å². The monoisotopic (exact) mass is 349 g/mol. The third kappa shape index (κ3) is 3.67. The Labute approximate surface area is 148 Å². The van der Waals surface area contributed by atoms with Gasteiger partial charge in [0.15, 0.2) is 0 Å². The van der Waals surface area contributed by atoms with E-state index in [1.165, 1.54) is 24.4 Å². The molecule has 0 fully saturated rings. The Kier molecular flexibility index (Phi) is 4.89. The number of carbonyl (C=O) groups is 1. The Balaban J connectivity index is 1.70. The van der Waals surface area contributed by atoms with E-state index in [0.717, 1.165) is 16.3 Å². The minimum atomic E-state index is -0.689. The number of aromatic hydroxyl groups is 1. The number of nitro benzene ring substituents is 1. The van der Waals surface area contributed by atoms with Crippen molar-refractivity contribution >= 4 is 28.6 Å². The number of para-hydroxylation sites is 1. The van der Waals surface area contributed by atoms with Gasteiger partial charge in [-0.15, -0.1) is 0 Å². The highest BCUT2D eigenvalue weighted by molar-refractivity contribution is 5.91. The lowest BCUT2D eigenvalue weighted by molar-refractivity contribution is -0.385. The predicted molar refractivity (Wildman–Crippen MR) is 98.1 cm³/mol. The zero-order valence-corrected chi connectivity index (χ0v) is 13.6. The molecule has 0 aromatic heterocycles. The molecule has 0 heterocycles. The van der Waals surface area contributed by atoms with Gasteiger partial charge >= 0.3 is 5.69 Å². The number of hydrazone groups is 1. The fourth-order valence-corrected chi connectivity index (χ4v) is 2.63. The van der Waals surface area contributed by atoms with Crippen LogP contribution in [0, 0.1) is 10.1 Å². The molecule has 0 saturated heterocycles. The molecule has 1 amide bonds. The van der Waals surface area contributed by atoms with Gasteiger partial charge in [0.2, 0.25) is 11.7 Å². The van der Waals surface area contributed by atoms with Crippen LogP contribution in [0.25, 0.3) is 10.8 Å². The second-order valence-electron chi connectivity index (χ2n) is 5.58. The molecule has 0 saturated carbocycles. The maximum atomic E-state index is 12.1. The van der Waals surface area contributed by atoms with Gasteiger partial charge in [0.25, 0.3) is 0 Å². The summed E-state index contributed by atoms with van der Waals surface area (Å²) in [5.41, 5.74) is 2.96. The number of rotatable bonds is 5. The number of nitrogens with zero attached hydrogens (tertiary/aromatic N) is 2. The zero-order chi connectivity index (χ0) is 18.5. The Morgan fingerprint density at radius 3 is 2.65 bits per heavy atom. The maximum Gasteiger partial charge on any atom is 0.311 e. The van der Waals surface area contributed by atoms with E-state index < -0.39 is 16.4 Å². The van der Waals surface area contributed by atoms with Crippen molar-refractivity contribution in [2.45, 2.75) is 6.42 Å². The summed E-state index contributed by atoms with van der Waals surface area (Å²) in [7, 11) is 0. The minimum Gasteiger partial charge on any atom is -0.502 e. The average molecular weight is 349 g/mol. The molecule has 130 valence electrons. The van der Waals surface area contributed by atoms with Crippen LogP contribution in [0.5, 0.6) is 5.75 Å². The van der Waals surface area contributed by atoms with Crippen LogP contribution in [0.15, 0.2) is 65.8 Å². The van der Waals surface area contributed by atoms with E-state index in [1.54, 1.807) is 0 Å². The van der Waals surface area contributed by atoms with E-state index in [2.05, 4.69) is 10.5 Å². The molecule has 7 nitrogen and oxygen atoms in total. The molecule has 0 bridgehead atoms. The molecule has 7 heteroatoms. The van der Waals surface area contributed by atoms with Crippen LogP contribution in [-0.2, 0) is 11.2 Å². The Morgan fingerprint density at radius 2 is 1.85 bits per heavy atom. The first-order valence-electron chi connectivity index (χ1n) is 7.81. The van der Waals surface area contributed by atoms with E-state index >= 15 is 0 Å². The number of carbonyl (C=O) groups excluding carboxylic acids is 1. The van der Waals surface area contributed by atoms with Crippen LogP contribution < -0.4 is 5.43 Å². The van der Waals surface area contributed by atoms with Crippen molar-refractivity contribution in [3.8, 4) is 5.75 Å². The molecule has 0 aliphatic heterocycles. The molecule has 3 aromatic carbocycles. The standard InChI is InChI=1S/C19H15N3O4/c23-18(11-14-7-3-6-13-5-1-2-9-16(13)14)21-20-12-15-8-4-10-17(19(15)24)22(25)26/h1-10,12,24H,11H2,(H,21,23)/b20-12-. The molecular formula is C19H15N3O4. The van der Waals surface area contributed by atoms with Gasteiger partial charge in [0.1, 0.15) is 0 Å². The Bertz CT molecular complexity index is 1010. The van der Waals surface area contributed by atoms with Gasteiger partial charge in [-0.1, -0.05) is 48.5 Å². The Hall–Kier alpha value is -3.74. The first kappa shape index (κ1) is 17.1. The van der Waals surface area contributed by atoms with Crippen LogP contribution in [0.1, 0.15) is 11.1 Å². The van der Waals surface area contributed by atoms with Gasteiger partial charge in [-0.05, 0) is 22.4 Å². The molecule has 0 aliphatic rings. The topological polar surface area (TPSA) is 105 Å². The quantitative estimate of drug-likeness (QED) is 0.419. The average Bonchev–Trinajstić information content (AvgIpc) is 2.63. The molecule has 0 unspecified atom stereocenters. The number of nitro groups is 1. The van der Waals surface area contributed by atoms with Crippen LogP contribution in [0.4, 0.5) is 5.69 Å². The number of fused-ring (bicyclic) bond motifs is 1. The van der Waals surface area contributed by atoms with Crippen LogP contribution in [0.2, 0.25) is 0 Å². The number of amides is 1. The molecule has 3 rings (SSSR count). The third-order valence-corrected chi connectivity index (χ3v) is 3.87. The van der Waals surface area contributed by atoms with Crippen molar-refractivity contribution in [1.29, 1.82) is 0 Å². The van der Waals surface area contributed by atoms with Crippen molar-refractivity contribution in [3.05, 3.63) is 81.9 Å². The van der Waals surface area contributed by atoms with Gasteiger partial charge in [-0.25, -0.2) is 5.43 Å². The second kappa shape index (κ2) is 7.43. The first-order valence-corrected chi connectivity index (χ1v) is 7.81. The van der Waals surface area contributed by atoms with E-state index in [-0.39, 0.29) is 17.9 Å². The van der Waals surface area contributed by atoms with Crippen molar-refractivity contribution in [3.63, 3.8) is 0 Å². The predicted octanol–water partition coefficient (Wildman–Crippen LogP) is 3.15. The Morgan fingerprint density at radius 1 is 1.12 bits per heavy atom. The fraction of sp³-hybridized carbons (Fsp3) is 0.0526. The molecule has 0 radical (unpaired) electrons. The molecule has 3 aromatic rings. The van der Waals surface area contributed by atoms with Crippen LogP contribution in [-0.4, -0.2) is 22.2 Å². The number of hydrogen-bond acceptors (Lipinski definition) is 5. The van der Waals surface area contributed by atoms with E-state index in [9.17, 15) is 20.0 Å². The van der Waals surface area contributed by atoms with Gasteiger partial charge in [0.05, 0.1) is 17.6 Å². The summed E-state index contributed by atoms with van der Waals surface area (Å²) in [4.78, 5) is 22.2. The summed E-state index contributed by atoms with van der Waals surface area (Å²) in [5, 5.41) is 26.4. The summed E-state index contributed by atoms with van der Waals surface area (Å²) >= 11 is 0. The van der Waals surface area contributed by atoms with Crippen molar-refractivity contribution in [2.75, 3.05) is 0 Å². The summed E-state index contributed by atoms with van der Waals surface area (Å²) in [6.45, 7) is 0. The smallest absolute Gasteiger partial charge is 0.311 e. The lowest BCUT2D eigenvalue weighted by Gasteiger charge is -2.05. The molecule has 26 heavy (non-hydrogen) atoms. The molecule has 0 spiro atoms. The zero-order valence-electron chi connectivity index (χ0n) is 13.6.